The van der Waals surface area contributed by atoms with Gasteiger partial charge in [0.2, 0.25) is 0 Å². The topological polar surface area (TPSA) is 60.2 Å². The average molecular weight is 289 g/mol. The van der Waals surface area contributed by atoms with Crippen LogP contribution in [0.1, 0.15) is 33.2 Å². The van der Waals surface area contributed by atoms with Crippen LogP contribution in [0.25, 0.3) is 0 Å². The fourth-order valence-electron chi connectivity index (χ4n) is 2.21. The van der Waals surface area contributed by atoms with E-state index in [0.29, 0.717) is 13.0 Å². The van der Waals surface area contributed by atoms with Gasteiger partial charge in [0.05, 0.1) is 18.8 Å². The van der Waals surface area contributed by atoms with Gasteiger partial charge in [-0.3, -0.25) is 0 Å². The molecule has 2 aromatic rings. The summed E-state index contributed by atoms with van der Waals surface area (Å²) in [5.74, 6) is 0.833. The molecule has 0 aliphatic heterocycles. The van der Waals surface area contributed by atoms with Crippen LogP contribution in [0.3, 0.4) is 0 Å². The van der Waals surface area contributed by atoms with Crippen LogP contribution in [-0.4, -0.2) is 32.6 Å². The van der Waals surface area contributed by atoms with Gasteiger partial charge in [-0.15, -0.1) is 0 Å². The highest BCUT2D eigenvalue weighted by Crippen LogP contribution is 2.30. The summed E-state index contributed by atoms with van der Waals surface area (Å²) in [6.07, 6.45) is 3.26. The van der Waals surface area contributed by atoms with E-state index in [-0.39, 0.29) is 11.5 Å². The van der Waals surface area contributed by atoms with Gasteiger partial charge in [0.25, 0.3) is 0 Å². The summed E-state index contributed by atoms with van der Waals surface area (Å²) in [6, 6.07) is 9.52. The summed E-state index contributed by atoms with van der Waals surface area (Å²) >= 11 is 0. The molecule has 2 atom stereocenters. The van der Waals surface area contributed by atoms with Crippen LogP contribution in [-0.2, 0) is 0 Å². The number of benzene rings is 1. The third-order valence-corrected chi connectivity index (χ3v) is 3.45. The number of aliphatic hydroxyl groups is 1. The first-order chi connectivity index (χ1) is 9.98. The Balaban J connectivity index is 2.00. The van der Waals surface area contributed by atoms with Gasteiger partial charge in [-0.1, -0.05) is 39.0 Å². The quantitative estimate of drug-likeness (QED) is 0.888. The van der Waals surface area contributed by atoms with Gasteiger partial charge < -0.3 is 9.84 Å². The largest absolute Gasteiger partial charge is 0.494 e. The lowest BCUT2D eigenvalue weighted by molar-refractivity contribution is 0.00505. The molecule has 1 heterocycles. The Bertz CT molecular complexity index is 520. The maximum absolute atomic E-state index is 10.6. The molecule has 0 aliphatic carbocycles. The van der Waals surface area contributed by atoms with Gasteiger partial charge in [0, 0.05) is 6.42 Å². The molecule has 2 rings (SSSR count). The normalized spacial score (nSPS) is 14.7. The van der Waals surface area contributed by atoms with E-state index in [9.17, 15) is 5.11 Å². The first kappa shape index (κ1) is 15.5. The minimum atomic E-state index is -0.529. The molecule has 0 amide bonds. The Hall–Kier alpha value is -1.88. The molecule has 5 heteroatoms. The van der Waals surface area contributed by atoms with Gasteiger partial charge in [0.1, 0.15) is 18.4 Å². The van der Waals surface area contributed by atoms with Crippen molar-refractivity contribution >= 4 is 0 Å². The molecule has 114 valence electrons. The van der Waals surface area contributed by atoms with Crippen LogP contribution in [0, 0.1) is 5.41 Å². The maximum atomic E-state index is 10.6. The van der Waals surface area contributed by atoms with E-state index in [4.69, 9.17) is 4.74 Å². The highest BCUT2D eigenvalue weighted by molar-refractivity contribution is 5.20. The molecular weight excluding hydrogens is 266 g/mol. The molecule has 2 unspecified atom stereocenters. The Morgan fingerprint density at radius 1 is 1.24 bits per heavy atom. The third-order valence-electron chi connectivity index (χ3n) is 3.45. The number of hydrogen-bond acceptors (Lipinski definition) is 4. The van der Waals surface area contributed by atoms with E-state index in [0.717, 1.165) is 5.75 Å². The zero-order valence-corrected chi connectivity index (χ0v) is 12.8. The van der Waals surface area contributed by atoms with Crippen molar-refractivity contribution in [3.05, 3.63) is 43.0 Å². The standard InChI is InChI=1S/C16H23N3O2/c1-16(2,3)15(20)14(19-12-17-11-18-19)9-10-21-13-7-5-4-6-8-13/h4-8,11-12,14-15,20H,9-10H2,1-3H3. The molecule has 1 aromatic heterocycles. The van der Waals surface area contributed by atoms with Crippen LogP contribution < -0.4 is 4.74 Å². The number of aliphatic hydroxyl groups excluding tert-OH is 1. The smallest absolute Gasteiger partial charge is 0.137 e. The van der Waals surface area contributed by atoms with Gasteiger partial charge in [-0.25, -0.2) is 9.67 Å². The predicted molar refractivity (Wildman–Crippen MR) is 81.1 cm³/mol. The van der Waals surface area contributed by atoms with Crippen LogP contribution >= 0.6 is 0 Å². The first-order valence-electron chi connectivity index (χ1n) is 7.18. The van der Waals surface area contributed by atoms with Crippen LogP contribution in [0.4, 0.5) is 0 Å². The van der Waals surface area contributed by atoms with Gasteiger partial charge >= 0.3 is 0 Å². The summed E-state index contributed by atoms with van der Waals surface area (Å²) < 4.78 is 7.44. The van der Waals surface area contributed by atoms with Crippen molar-refractivity contribution in [2.75, 3.05) is 6.61 Å². The Labute approximate surface area is 125 Å². The van der Waals surface area contributed by atoms with Crippen LogP contribution in [0.15, 0.2) is 43.0 Å². The van der Waals surface area contributed by atoms with E-state index in [1.807, 2.05) is 51.1 Å². The summed E-state index contributed by atoms with van der Waals surface area (Å²) in [5.41, 5.74) is -0.233. The molecule has 0 bridgehead atoms. The highest BCUT2D eigenvalue weighted by Gasteiger charge is 2.32. The number of rotatable bonds is 6. The molecule has 1 aromatic carbocycles. The monoisotopic (exact) mass is 289 g/mol. The van der Waals surface area contributed by atoms with E-state index >= 15 is 0 Å². The molecule has 0 fully saturated rings. The number of hydrogen-bond donors (Lipinski definition) is 1. The van der Waals surface area contributed by atoms with Crippen LogP contribution in [0.2, 0.25) is 0 Å². The first-order valence-corrected chi connectivity index (χ1v) is 7.18. The molecule has 0 aliphatic rings. The molecule has 0 saturated heterocycles. The zero-order chi connectivity index (χ0) is 15.3. The maximum Gasteiger partial charge on any atom is 0.137 e. The summed E-state index contributed by atoms with van der Waals surface area (Å²) in [7, 11) is 0. The number of ether oxygens (including phenoxy) is 1. The molecular formula is C16H23N3O2. The second-order valence-electron chi connectivity index (χ2n) is 6.20. The number of para-hydroxylation sites is 1. The molecule has 21 heavy (non-hydrogen) atoms. The SMILES string of the molecule is CC(C)(C)C(O)C(CCOc1ccccc1)n1cncn1. The Kier molecular flexibility index (Phi) is 4.96. The molecule has 0 saturated carbocycles. The van der Waals surface area contributed by atoms with E-state index in [2.05, 4.69) is 10.1 Å². The van der Waals surface area contributed by atoms with Gasteiger partial charge in [0.15, 0.2) is 0 Å². The van der Waals surface area contributed by atoms with E-state index in [1.165, 1.54) is 6.33 Å². The van der Waals surface area contributed by atoms with E-state index < -0.39 is 6.10 Å². The summed E-state index contributed by atoms with van der Waals surface area (Å²) in [6.45, 7) is 6.56. The molecule has 0 spiro atoms. The average Bonchev–Trinajstić information content (AvgIpc) is 2.97. The lowest BCUT2D eigenvalue weighted by Gasteiger charge is -2.32. The van der Waals surface area contributed by atoms with Gasteiger partial charge in [-0.05, 0) is 17.5 Å². The highest BCUT2D eigenvalue weighted by atomic mass is 16.5. The second kappa shape index (κ2) is 6.72. The van der Waals surface area contributed by atoms with Gasteiger partial charge in [-0.2, -0.15) is 5.10 Å². The van der Waals surface area contributed by atoms with Crippen molar-refractivity contribution in [3.63, 3.8) is 0 Å². The molecule has 1 N–H and O–H groups in total. The fraction of sp³-hybridized carbons (Fsp3) is 0.500. The minimum Gasteiger partial charge on any atom is -0.494 e. The Morgan fingerprint density at radius 3 is 2.52 bits per heavy atom. The number of aromatic nitrogens is 3. The van der Waals surface area contributed by atoms with Crippen molar-refractivity contribution in [3.8, 4) is 5.75 Å². The van der Waals surface area contributed by atoms with Crippen molar-refractivity contribution < 1.29 is 9.84 Å². The lowest BCUT2D eigenvalue weighted by Crippen LogP contribution is -2.36. The summed E-state index contributed by atoms with van der Waals surface area (Å²) in [4.78, 5) is 3.97. The third kappa shape index (κ3) is 4.29. The lowest BCUT2D eigenvalue weighted by atomic mass is 9.84. The summed E-state index contributed by atoms with van der Waals surface area (Å²) in [5, 5.41) is 14.7. The predicted octanol–water partition coefficient (Wildman–Crippen LogP) is 2.70. The van der Waals surface area contributed by atoms with Crippen molar-refractivity contribution in [2.45, 2.75) is 39.3 Å². The van der Waals surface area contributed by atoms with Crippen molar-refractivity contribution in [1.29, 1.82) is 0 Å². The second-order valence-corrected chi connectivity index (χ2v) is 6.20. The fourth-order valence-corrected chi connectivity index (χ4v) is 2.21. The number of nitrogens with zero attached hydrogens (tertiary/aromatic N) is 3. The van der Waals surface area contributed by atoms with Crippen molar-refractivity contribution in [1.82, 2.24) is 14.8 Å². The minimum absolute atomic E-state index is 0.156. The molecule has 0 radical (unpaired) electrons. The van der Waals surface area contributed by atoms with Crippen molar-refractivity contribution in [2.24, 2.45) is 5.41 Å². The zero-order valence-electron chi connectivity index (χ0n) is 12.8. The molecule has 5 nitrogen and oxygen atoms in total. The van der Waals surface area contributed by atoms with Crippen LogP contribution in [0.5, 0.6) is 5.75 Å². The van der Waals surface area contributed by atoms with E-state index in [1.54, 1.807) is 11.0 Å². The Morgan fingerprint density at radius 2 is 1.95 bits per heavy atom.